The molecule has 1 aliphatic rings. The summed E-state index contributed by atoms with van der Waals surface area (Å²) in [6.45, 7) is 9.59. The number of hydrogen-bond acceptors (Lipinski definition) is 3. The molecule has 0 aliphatic carbocycles. The minimum absolute atomic E-state index is 0.342. The minimum atomic E-state index is 0.342. The van der Waals surface area contributed by atoms with Crippen molar-refractivity contribution in [2.75, 3.05) is 32.8 Å². The number of ether oxygens (including phenoxy) is 1. The average Bonchev–Trinajstić information content (AvgIpc) is 2.55. The first-order valence-electron chi connectivity index (χ1n) is 8.44. The van der Waals surface area contributed by atoms with E-state index in [0.717, 1.165) is 39.2 Å². The van der Waals surface area contributed by atoms with Crippen LogP contribution in [0.25, 0.3) is 0 Å². The first-order chi connectivity index (χ1) is 10.3. The highest BCUT2D eigenvalue weighted by atomic mass is 16.5. The summed E-state index contributed by atoms with van der Waals surface area (Å²) in [4.78, 5) is 2.50. The van der Waals surface area contributed by atoms with Gasteiger partial charge in [-0.05, 0) is 37.9 Å². The monoisotopic (exact) mass is 290 g/mol. The van der Waals surface area contributed by atoms with Crippen molar-refractivity contribution in [1.82, 2.24) is 10.2 Å². The van der Waals surface area contributed by atoms with Gasteiger partial charge in [-0.2, -0.15) is 0 Å². The van der Waals surface area contributed by atoms with Crippen LogP contribution in [0.1, 0.15) is 32.3 Å². The van der Waals surface area contributed by atoms with E-state index in [1.54, 1.807) is 0 Å². The molecule has 1 aliphatic heterocycles. The summed E-state index contributed by atoms with van der Waals surface area (Å²) in [7, 11) is 0. The van der Waals surface area contributed by atoms with Crippen molar-refractivity contribution in [3.8, 4) is 0 Å². The largest absolute Gasteiger partial charge is 0.374 e. The van der Waals surface area contributed by atoms with Crippen LogP contribution >= 0.6 is 0 Å². The molecule has 0 radical (unpaired) electrons. The number of nitrogens with one attached hydrogen (secondary N) is 1. The molecule has 118 valence electrons. The van der Waals surface area contributed by atoms with Crippen LogP contribution in [0, 0.1) is 0 Å². The van der Waals surface area contributed by atoms with Crippen LogP contribution in [0.15, 0.2) is 30.3 Å². The highest BCUT2D eigenvalue weighted by molar-refractivity contribution is 5.14. The standard InChI is InChI=1S/C18H30N2O/c1-3-19-17(18-15-20(4-2)13-14-21-18)12-8-11-16-9-6-5-7-10-16/h5-7,9-10,17-19H,3-4,8,11-15H2,1-2H3. The molecular formula is C18H30N2O. The van der Waals surface area contributed by atoms with Crippen LogP contribution in [-0.2, 0) is 11.2 Å². The van der Waals surface area contributed by atoms with Crippen molar-refractivity contribution in [1.29, 1.82) is 0 Å². The first-order valence-corrected chi connectivity index (χ1v) is 8.44. The quantitative estimate of drug-likeness (QED) is 0.797. The summed E-state index contributed by atoms with van der Waals surface area (Å²) in [5.41, 5.74) is 1.44. The summed E-state index contributed by atoms with van der Waals surface area (Å²) >= 11 is 0. The third-order valence-electron chi connectivity index (χ3n) is 4.36. The molecule has 0 bridgehead atoms. The van der Waals surface area contributed by atoms with Crippen LogP contribution in [-0.4, -0.2) is 49.8 Å². The number of rotatable bonds is 8. The van der Waals surface area contributed by atoms with Crippen LogP contribution in [0.3, 0.4) is 0 Å². The fourth-order valence-corrected chi connectivity index (χ4v) is 3.11. The molecule has 0 amide bonds. The molecule has 1 heterocycles. The van der Waals surface area contributed by atoms with Crippen molar-refractivity contribution >= 4 is 0 Å². The molecule has 1 N–H and O–H groups in total. The van der Waals surface area contributed by atoms with Gasteiger partial charge < -0.3 is 10.1 Å². The number of benzene rings is 1. The second-order valence-corrected chi connectivity index (χ2v) is 5.84. The topological polar surface area (TPSA) is 24.5 Å². The van der Waals surface area contributed by atoms with Gasteiger partial charge in [-0.15, -0.1) is 0 Å². The van der Waals surface area contributed by atoms with Gasteiger partial charge in [0.05, 0.1) is 12.7 Å². The van der Waals surface area contributed by atoms with E-state index in [1.807, 2.05) is 0 Å². The lowest BCUT2D eigenvalue weighted by atomic mass is 10.00. The van der Waals surface area contributed by atoms with Gasteiger partial charge in [0, 0.05) is 19.1 Å². The second-order valence-electron chi connectivity index (χ2n) is 5.84. The minimum Gasteiger partial charge on any atom is -0.374 e. The Morgan fingerprint density at radius 2 is 2.10 bits per heavy atom. The Kier molecular flexibility index (Phi) is 7.20. The fourth-order valence-electron chi connectivity index (χ4n) is 3.11. The molecular weight excluding hydrogens is 260 g/mol. The molecule has 1 aromatic rings. The van der Waals surface area contributed by atoms with Crippen molar-refractivity contribution in [3.05, 3.63) is 35.9 Å². The highest BCUT2D eigenvalue weighted by Gasteiger charge is 2.26. The summed E-state index contributed by atoms with van der Waals surface area (Å²) in [6, 6.07) is 11.3. The van der Waals surface area contributed by atoms with E-state index in [4.69, 9.17) is 4.74 Å². The van der Waals surface area contributed by atoms with Crippen LogP contribution < -0.4 is 5.32 Å². The molecule has 0 aromatic heterocycles. The zero-order valence-electron chi connectivity index (χ0n) is 13.6. The lowest BCUT2D eigenvalue weighted by Gasteiger charge is -2.37. The molecule has 2 unspecified atom stereocenters. The predicted octanol–water partition coefficient (Wildman–Crippen LogP) is 2.71. The normalized spacial score (nSPS) is 21.3. The van der Waals surface area contributed by atoms with Gasteiger partial charge >= 0.3 is 0 Å². The smallest absolute Gasteiger partial charge is 0.0855 e. The maximum absolute atomic E-state index is 6.02. The SMILES string of the molecule is CCNC(CCCc1ccccc1)C1CN(CC)CCO1. The van der Waals surface area contributed by atoms with E-state index in [-0.39, 0.29) is 0 Å². The Hall–Kier alpha value is -0.900. The second kappa shape index (κ2) is 9.19. The van der Waals surface area contributed by atoms with E-state index in [2.05, 4.69) is 54.4 Å². The number of morpholine rings is 1. The van der Waals surface area contributed by atoms with E-state index in [0.29, 0.717) is 12.1 Å². The summed E-state index contributed by atoms with van der Waals surface area (Å²) in [5, 5.41) is 3.63. The van der Waals surface area contributed by atoms with Crippen LogP contribution in [0.2, 0.25) is 0 Å². The van der Waals surface area contributed by atoms with Crippen molar-refractivity contribution in [2.45, 2.75) is 45.3 Å². The summed E-state index contributed by atoms with van der Waals surface area (Å²) < 4.78 is 6.02. The highest BCUT2D eigenvalue weighted by Crippen LogP contribution is 2.14. The average molecular weight is 290 g/mol. The Morgan fingerprint density at radius 3 is 2.81 bits per heavy atom. The van der Waals surface area contributed by atoms with E-state index in [1.165, 1.54) is 18.4 Å². The zero-order valence-corrected chi connectivity index (χ0v) is 13.6. The maximum atomic E-state index is 6.02. The van der Waals surface area contributed by atoms with Crippen molar-refractivity contribution in [2.24, 2.45) is 0 Å². The predicted molar refractivity (Wildman–Crippen MR) is 88.7 cm³/mol. The Morgan fingerprint density at radius 1 is 1.29 bits per heavy atom. The molecule has 2 atom stereocenters. The third-order valence-corrected chi connectivity index (χ3v) is 4.36. The number of nitrogens with zero attached hydrogens (tertiary/aromatic N) is 1. The molecule has 1 saturated heterocycles. The van der Waals surface area contributed by atoms with Gasteiger partial charge in [-0.25, -0.2) is 0 Å². The number of hydrogen-bond donors (Lipinski definition) is 1. The fraction of sp³-hybridized carbons (Fsp3) is 0.667. The van der Waals surface area contributed by atoms with Gasteiger partial charge in [0.2, 0.25) is 0 Å². The maximum Gasteiger partial charge on any atom is 0.0855 e. The molecule has 3 heteroatoms. The molecule has 2 rings (SSSR count). The van der Waals surface area contributed by atoms with Crippen molar-refractivity contribution in [3.63, 3.8) is 0 Å². The van der Waals surface area contributed by atoms with Gasteiger partial charge in [-0.1, -0.05) is 44.2 Å². The van der Waals surface area contributed by atoms with Gasteiger partial charge in [0.15, 0.2) is 0 Å². The van der Waals surface area contributed by atoms with Gasteiger partial charge in [0.1, 0.15) is 0 Å². The molecule has 21 heavy (non-hydrogen) atoms. The third kappa shape index (κ3) is 5.42. The summed E-state index contributed by atoms with van der Waals surface area (Å²) in [5.74, 6) is 0. The number of likely N-dealkylation sites (N-methyl/N-ethyl adjacent to an activating group) is 2. The Bertz CT molecular complexity index is 382. The molecule has 1 fully saturated rings. The van der Waals surface area contributed by atoms with Crippen molar-refractivity contribution < 1.29 is 4.74 Å². The van der Waals surface area contributed by atoms with Crippen LogP contribution in [0.4, 0.5) is 0 Å². The lowest BCUT2D eigenvalue weighted by molar-refractivity contribution is -0.0461. The summed E-state index contributed by atoms with van der Waals surface area (Å²) in [6.07, 6.45) is 3.90. The first kappa shape index (κ1) is 16.5. The molecule has 0 spiro atoms. The van der Waals surface area contributed by atoms with Crippen LogP contribution in [0.5, 0.6) is 0 Å². The Labute approximate surface area is 129 Å². The van der Waals surface area contributed by atoms with Gasteiger partial charge in [0.25, 0.3) is 0 Å². The molecule has 0 saturated carbocycles. The molecule has 3 nitrogen and oxygen atoms in total. The van der Waals surface area contributed by atoms with Gasteiger partial charge in [-0.3, -0.25) is 4.90 Å². The molecule has 1 aromatic carbocycles. The zero-order chi connectivity index (χ0) is 14.9. The van der Waals surface area contributed by atoms with E-state index in [9.17, 15) is 0 Å². The van der Waals surface area contributed by atoms with E-state index >= 15 is 0 Å². The van der Waals surface area contributed by atoms with E-state index < -0.39 is 0 Å². The lowest BCUT2D eigenvalue weighted by Crippen LogP contribution is -2.52. The Balaban J connectivity index is 1.81. The number of aryl methyl sites for hydroxylation is 1.